The van der Waals surface area contributed by atoms with Crippen molar-refractivity contribution < 1.29 is 33.4 Å². The van der Waals surface area contributed by atoms with Crippen molar-refractivity contribution >= 4 is 40.9 Å². The van der Waals surface area contributed by atoms with E-state index < -0.39 is 30.1 Å². The van der Waals surface area contributed by atoms with E-state index in [4.69, 9.17) is 19.9 Å². The Hall–Kier alpha value is -4.66. The highest BCUT2D eigenvalue weighted by molar-refractivity contribution is 6.04. The molecule has 1 saturated heterocycles. The Kier molecular flexibility index (Phi) is 9.30. The number of anilines is 1. The smallest absolute Gasteiger partial charge is 0.407 e. The highest BCUT2D eigenvalue weighted by atomic mass is 16.6. The lowest BCUT2D eigenvalue weighted by Gasteiger charge is -2.15. The number of hydrogen-bond acceptors (Lipinski definition) is 10. The van der Waals surface area contributed by atoms with Gasteiger partial charge in [0, 0.05) is 38.2 Å². The molecule has 1 fully saturated rings. The van der Waals surface area contributed by atoms with Crippen LogP contribution in [0.3, 0.4) is 0 Å². The van der Waals surface area contributed by atoms with Crippen LogP contribution in [0.4, 0.5) is 10.7 Å². The lowest BCUT2D eigenvalue weighted by Crippen LogP contribution is -2.33. The summed E-state index contributed by atoms with van der Waals surface area (Å²) in [5, 5.41) is 9.91. The van der Waals surface area contributed by atoms with E-state index >= 15 is 0 Å². The number of methoxy groups -OCH3 is 2. The fourth-order valence-corrected chi connectivity index (χ4v) is 5.05. The summed E-state index contributed by atoms with van der Waals surface area (Å²) in [5.74, 6) is -0.848. The number of nitrogens with zero attached hydrogens (tertiary/aromatic N) is 5. The first kappa shape index (κ1) is 30.3. The van der Waals surface area contributed by atoms with Crippen LogP contribution in [0.25, 0.3) is 11.0 Å². The van der Waals surface area contributed by atoms with Gasteiger partial charge in [-0.05, 0) is 45.5 Å². The predicted octanol–water partition coefficient (Wildman–Crippen LogP) is 1.28. The summed E-state index contributed by atoms with van der Waals surface area (Å²) in [5.41, 5.74) is 7.72. The minimum Gasteiger partial charge on any atom is -0.494 e. The molecule has 0 spiro atoms. The van der Waals surface area contributed by atoms with Crippen LogP contribution in [-0.2, 0) is 27.4 Å². The van der Waals surface area contributed by atoms with Crippen molar-refractivity contribution in [3.63, 3.8) is 0 Å². The Morgan fingerprint density at radius 2 is 1.93 bits per heavy atom. The standard InChI is InChI=1S/C27H36N8O7/c1-6-35-19(10-15(2)32-35)24(37)31-26-30-18-11-16(23(28)36)12-21(40-4)22(18)34(26)9-7-8-29-27(39)42-17-13-20(25(38)41-5)33(3)14-17/h10-12,17,20H,6-9,13-14H2,1-5H3,(H2,28,36)(H,29,39)(H,30,31,37). The molecular formula is C27H36N8O7. The zero-order valence-electron chi connectivity index (χ0n) is 24.3. The first-order valence-corrected chi connectivity index (χ1v) is 13.5. The number of nitrogens with two attached hydrogens (primary N) is 1. The molecule has 1 aliphatic heterocycles. The maximum atomic E-state index is 13.2. The van der Waals surface area contributed by atoms with E-state index in [1.807, 2.05) is 6.92 Å². The molecule has 2 aromatic heterocycles. The second kappa shape index (κ2) is 12.9. The summed E-state index contributed by atoms with van der Waals surface area (Å²) < 4.78 is 19.2. The van der Waals surface area contributed by atoms with Crippen LogP contribution < -0.4 is 21.1 Å². The second-order valence-corrected chi connectivity index (χ2v) is 9.96. The molecule has 3 aromatic rings. The largest absolute Gasteiger partial charge is 0.494 e. The van der Waals surface area contributed by atoms with Gasteiger partial charge in [-0.3, -0.25) is 29.3 Å². The molecule has 15 nitrogen and oxygen atoms in total. The number of aromatic nitrogens is 4. The molecule has 226 valence electrons. The second-order valence-electron chi connectivity index (χ2n) is 9.96. The molecule has 0 aliphatic carbocycles. The normalized spacial score (nSPS) is 16.8. The van der Waals surface area contributed by atoms with Crippen LogP contribution in [-0.4, -0.2) is 94.6 Å². The SMILES string of the molecule is CCn1nc(C)cc1C(=O)Nc1nc2cc(C(N)=O)cc(OC)c2n1CCCNC(=O)OC1CC(C(=O)OC)N(C)C1. The third-order valence-electron chi connectivity index (χ3n) is 7.06. The van der Waals surface area contributed by atoms with Crippen molar-refractivity contribution in [2.75, 3.05) is 39.7 Å². The molecule has 15 heteroatoms. The fourth-order valence-electron chi connectivity index (χ4n) is 5.05. The number of alkyl carbamates (subject to hydrolysis) is 1. The number of benzene rings is 1. The summed E-state index contributed by atoms with van der Waals surface area (Å²) in [6, 6.07) is 4.27. The summed E-state index contributed by atoms with van der Waals surface area (Å²) in [7, 11) is 4.55. The Balaban J connectivity index is 1.49. The van der Waals surface area contributed by atoms with Crippen molar-refractivity contribution in [1.29, 1.82) is 0 Å². The van der Waals surface area contributed by atoms with E-state index in [0.29, 0.717) is 60.6 Å². The monoisotopic (exact) mass is 584 g/mol. The number of carbonyl (C=O) groups excluding carboxylic acids is 4. The van der Waals surface area contributed by atoms with Crippen LogP contribution in [0.5, 0.6) is 5.75 Å². The Bertz CT molecular complexity index is 1500. The average Bonchev–Trinajstić information content (AvgIpc) is 3.63. The zero-order chi connectivity index (χ0) is 30.6. The molecule has 4 rings (SSSR count). The number of imidazole rings is 1. The number of hydrogen-bond donors (Lipinski definition) is 3. The van der Waals surface area contributed by atoms with Crippen molar-refractivity contribution in [2.24, 2.45) is 5.73 Å². The number of ether oxygens (including phenoxy) is 3. The number of carbonyl (C=O) groups is 4. The molecule has 1 aliphatic rings. The van der Waals surface area contributed by atoms with Crippen molar-refractivity contribution in [3.05, 3.63) is 35.2 Å². The summed E-state index contributed by atoms with van der Waals surface area (Å²) >= 11 is 0. The van der Waals surface area contributed by atoms with Gasteiger partial charge in [0.25, 0.3) is 5.91 Å². The number of aryl methyl sites for hydroxylation is 3. The van der Waals surface area contributed by atoms with E-state index in [2.05, 4.69) is 20.7 Å². The van der Waals surface area contributed by atoms with Crippen LogP contribution >= 0.6 is 0 Å². The van der Waals surface area contributed by atoms with Crippen LogP contribution in [0.15, 0.2) is 18.2 Å². The molecule has 3 heterocycles. The maximum Gasteiger partial charge on any atom is 0.407 e. The minimum absolute atomic E-state index is 0.206. The lowest BCUT2D eigenvalue weighted by molar-refractivity contribution is -0.145. The highest BCUT2D eigenvalue weighted by Gasteiger charge is 2.37. The van der Waals surface area contributed by atoms with E-state index in [9.17, 15) is 19.2 Å². The van der Waals surface area contributed by atoms with Gasteiger partial charge in [-0.2, -0.15) is 5.10 Å². The van der Waals surface area contributed by atoms with Gasteiger partial charge in [0.2, 0.25) is 11.9 Å². The Labute approximate surface area is 242 Å². The van der Waals surface area contributed by atoms with Crippen molar-refractivity contribution in [1.82, 2.24) is 29.5 Å². The maximum absolute atomic E-state index is 13.2. The molecule has 0 saturated carbocycles. The topological polar surface area (TPSA) is 185 Å². The van der Waals surface area contributed by atoms with Gasteiger partial charge < -0.3 is 29.8 Å². The number of likely N-dealkylation sites (tertiary alicyclic amines) is 1. The van der Waals surface area contributed by atoms with E-state index in [1.54, 1.807) is 34.2 Å². The number of amides is 3. The predicted molar refractivity (Wildman–Crippen MR) is 151 cm³/mol. The van der Waals surface area contributed by atoms with Gasteiger partial charge >= 0.3 is 12.1 Å². The van der Waals surface area contributed by atoms with E-state index in [0.717, 1.165) is 0 Å². The van der Waals surface area contributed by atoms with Gasteiger partial charge in [0.1, 0.15) is 29.1 Å². The van der Waals surface area contributed by atoms with Gasteiger partial charge in [0.15, 0.2) is 0 Å². The van der Waals surface area contributed by atoms with Gasteiger partial charge in [-0.15, -0.1) is 0 Å². The number of likely N-dealkylation sites (N-methyl/N-ethyl adjacent to an activating group) is 1. The number of fused-ring (bicyclic) bond motifs is 1. The highest BCUT2D eigenvalue weighted by Crippen LogP contribution is 2.31. The van der Waals surface area contributed by atoms with Crippen LogP contribution in [0, 0.1) is 6.92 Å². The minimum atomic E-state index is -0.647. The van der Waals surface area contributed by atoms with E-state index in [1.165, 1.54) is 26.4 Å². The number of esters is 1. The first-order chi connectivity index (χ1) is 20.1. The third-order valence-corrected chi connectivity index (χ3v) is 7.06. The molecule has 3 amide bonds. The molecule has 2 atom stereocenters. The van der Waals surface area contributed by atoms with Gasteiger partial charge in [-0.1, -0.05) is 0 Å². The fraction of sp³-hybridized carbons (Fsp3) is 0.481. The molecule has 0 bridgehead atoms. The molecular weight excluding hydrogens is 548 g/mol. The Morgan fingerprint density at radius 1 is 1.17 bits per heavy atom. The van der Waals surface area contributed by atoms with Gasteiger partial charge in [-0.25, -0.2) is 9.78 Å². The summed E-state index contributed by atoms with van der Waals surface area (Å²) in [4.78, 5) is 55.8. The lowest BCUT2D eigenvalue weighted by atomic mass is 10.1. The van der Waals surface area contributed by atoms with E-state index in [-0.39, 0.29) is 24.0 Å². The van der Waals surface area contributed by atoms with Crippen molar-refractivity contribution in [2.45, 2.75) is 51.9 Å². The quantitative estimate of drug-likeness (QED) is 0.219. The zero-order valence-corrected chi connectivity index (χ0v) is 24.3. The number of primary amides is 1. The molecule has 2 unspecified atom stereocenters. The molecule has 4 N–H and O–H groups in total. The van der Waals surface area contributed by atoms with Crippen molar-refractivity contribution in [3.8, 4) is 5.75 Å². The van der Waals surface area contributed by atoms with Crippen LogP contribution in [0.2, 0.25) is 0 Å². The summed E-state index contributed by atoms with van der Waals surface area (Å²) in [6.07, 6.45) is -0.257. The molecule has 42 heavy (non-hydrogen) atoms. The van der Waals surface area contributed by atoms with Gasteiger partial charge in [0.05, 0.1) is 25.4 Å². The first-order valence-electron chi connectivity index (χ1n) is 13.5. The average molecular weight is 585 g/mol. The third kappa shape index (κ3) is 6.46. The number of rotatable bonds is 11. The Morgan fingerprint density at radius 3 is 2.60 bits per heavy atom. The number of nitrogens with one attached hydrogen (secondary N) is 2. The van der Waals surface area contributed by atoms with Crippen LogP contribution in [0.1, 0.15) is 46.3 Å². The summed E-state index contributed by atoms with van der Waals surface area (Å²) in [6.45, 7) is 5.18. The molecule has 1 aromatic carbocycles. The molecule has 0 radical (unpaired) electrons.